The third-order valence-electron chi connectivity index (χ3n) is 2.74. The molecule has 0 aliphatic carbocycles. The third-order valence-corrected chi connectivity index (χ3v) is 4.28. The zero-order chi connectivity index (χ0) is 14.5. The molecule has 0 saturated carbocycles. The molecule has 0 radical (unpaired) electrons. The Morgan fingerprint density at radius 2 is 1.90 bits per heavy atom. The van der Waals surface area contributed by atoms with Gasteiger partial charge in [-0.15, -0.1) is 11.8 Å². The van der Waals surface area contributed by atoms with Crippen molar-refractivity contribution in [1.82, 2.24) is 0 Å². The van der Waals surface area contributed by atoms with Crippen molar-refractivity contribution in [2.75, 3.05) is 5.75 Å². The number of hydrogen-bond donors (Lipinski definition) is 1. The van der Waals surface area contributed by atoms with Crippen LogP contribution in [0, 0.1) is 11.6 Å². The van der Waals surface area contributed by atoms with Gasteiger partial charge in [-0.05, 0) is 29.8 Å². The van der Waals surface area contributed by atoms with Crippen LogP contribution in [-0.2, 0) is 6.42 Å². The smallest absolute Gasteiger partial charge is 0.136 e. The quantitative estimate of drug-likeness (QED) is 0.830. The van der Waals surface area contributed by atoms with E-state index in [0.717, 1.165) is 0 Å². The van der Waals surface area contributed by atoms with Crippen LogP contribution in [-0.4, -0.2) is 17.0 Å². The second-order valence-corrected chi connectivity index (χ2v) is 5.80. The summed E-state index contributed by atoms with van der Waals surface area (Å²) in [6.07, 6.45) is -0.372. The van der Waals surface area contributed by atoms with E-state index in [4.69, 9.17) is 11.6 Å². The van der Waals surface area contributed by atoms with Crippen molar-refractivity contribution >= 4 is 23.4 Å². The first-order valence-electron chi connectivity index (χ1n) is 6.05. The van der Waals surface area contributed by atoms with Crippen LogP contribution in [0.1, 0.15) is 5.56 Å². The van der Waals surface area contributed by atoms with Crippen molar-refractivity contribution in [2.45, 2.75) is 17.4 Å². The Labute approximate surface area is 125 Å². The lowest BCUT2D eigenvalue weighted by Crippen LogP contribution is -2.14. The van der Waals surface area contributed by atoms with E-state index in [0.29, 0.717) is 27.7 Å². The number of thioether (sulfide) groups is 1. The molecule has 2 aromatic rings. The molecular formula is C15H13ClF2OS. The normalized spacial score (nSPS) is 12.4. The van der Waals surface area contributed by atoms with Crippen molar-refractivity contribution in [1.29, 1.82) is 0 Å². The standard InChI is InChI=1S/C15H13ClF2OS/c16-13-8-11(17)6-5-10(13)7-12(19)9-20-15-4-2-1-3-14(15)18/h1-6,8,12,19H,7,9H2. The SMILES string of the molecule is OC(CSc1ccccc1F)Cc1ccc(F)cc1Cl. The maximum Gasteiger partial charge on any atom is 0.136 e. The Bertz CT molecular complexity index is 592. The summed E-state index contributed by atoms with van der Waals surface area (Å²) in [5.41, 5.74) is 0.676. The average Bonchev–Trinajstić information content (AvgIpc) is 2.41. The van der Waals surface area contributed by atoms with Gasteiger partial charge in [0.25, 0.3) is 0 Å². The van der Waals surface area contributed by atoms with E-state index in [1.54, 1.807) is 24.3 Å². The molecule has 1 atom stereocenters. The first-order chi connectivity index (χ1) is 9.56. The zero-order valence-electron chi connectivity index (χ0n) is 10.5. The van der Waals surface area contributed by atoms with Crippen molar-refractivity contribution in [3.8, 4) is 0 Å². The summed E-state index contributed by atoms with van der Waals surface area (Å²) >= 11 is 7.14. The molecule has 2 aromatic carbocycles. The fourth-order valence-electron chi connectivity index (χ4n) is 1.75. The van der Waals surface area contributed by atoms with Gasteiger partial charge >= 0.3 is 0 Å². The summed E-state index contributed by atoms with van der Waals surface area (Å²) in [4.78, 5) is 0.497. The molecule has 0 amide bonds. The molecule has 0 saturated heterocycles. The minimum absolute atomic E-state index is 0.292. The minimum Gasteiger partial charge on any atom is -0.392 e. The minimum atomic E-state index is -0.678. The van der Waals surface area contributed by atoms with Gasteiger partial charge in [-0.2, -0.15) is 0 Å². The second-order valence-electron chi connectivity index (χ2n) is 4.34. The van der Waals surface area contributed by atoms with Gasteiger partial charge in [0, 0.05) is 22.1 Å². The van der Waals surface area contributed by atoms with Gasteiger partial charge in [-0.3, -0.25) is 0 Å². The molecule has 0 aliphatic rings. The molecular weight excluding hydrogens is 302 g/mol. The molecule has 0 bridgehead atoms. The van der Waals surface area contributed by atoms with E-state index in [9.17, 15) is 13.9 Å². The Morgan fingerprint density at radius 1 is 1.15 bits per heavy atom. The van der Waals surface area contributed by atoms with Gasteiger partial charge in [0.05, 0.1) is 6.10 Å². The van der Waals surface area contributed by atoms with Crippen LogP contribution in [0.4, 0.5) is 8.78 Å². The lowest BCUT2D eigenvalue weighted by atomic mass is 10.1. The van der Waals surface area contributed by atoms with Crippen LogP contribution < -0.4 is 0 Å². The van der Waals surface area contributed by atoms with Crippen molar-refractivity contribution < 1.29 is 13.9 Å². The van der Waals surface area contributed by atoms with Crippen molar-refractivity contribution in [3.63, 3.8) is 0 Å². The summed E-state index contributed by atoms with van der Waals surface area (Å²) in [6, 6.07) is 10.5. The molecule has 2 rings (SSSR count). The van der Waals surface area contributed by atoms with E-state index in [1.807, 2.05) is 0 Å². The predicted octanol–water partition coefficient (Wildman–Crippen LogP) is 4.31. The van der Waals surface area contributed by atoms with Gasteiger partial charge < -0.3 is 5.11 Å². The number of benzene rings is 2. The molecule has 0 heterocycles. The van der Waals surface area contributed by atoms with E-state index < -0.39 is 11.9 Å². The molecule has 1 N–H and O–H groups in total. The topological polar surface area (TPSA) is 20.2 Å². The maximum atomic E-state index is 13.4. The van der Waals surface area contributed by atoms with E-state index in [-0.39, 0.29) is 5.82 Å². The summed E-state index contributed by atoms with van der Waals surface area (Å²) in [6.45, 7) is 0. The molecule has 5 heteroatoms. The molecule has 0 aliphatic heterocycles. The number of aliphatic hydroxyl groups excluding tert-OH is 1. The fraction of sp³-hybridized carbons (Fsp3) is 0.200. The van der Waals surface area contributed by atoms with Crippen LogP contribution in [0.5, 0.6) is 0 Å². The lowest BCUT2D eigenvalue weighted by molar-refractivity contribution is 0.200. The van der Waals surface area contributed by atoms with Crippen LogP contribution in [0.2, 0.25) is 5.02 Å². The molecule has 20 heavy (non-hydrogen) atoms. The highest BCUT2D eigenvalue weighted by molar-refractivity contribution is 7.99. The van der Waals surface area contributed by atoms with Crippen LogP contribution in [0.15, 0.2) is 47.4 Å². The molecule has 0 aromatic heterocycles. The summed E-state index contributed by atoms with van der Waals surface area (Å²) in [5, 5.41) is 10.2. The third kappa shape index (κ3) is 4.20. The highest BCUT2D eigenvalue weighted by Gasteiger charge is 2.11. The maximum absolute atomic E-state index is 13.4. The molecule has 106 valence electrons. The highest BCUT2D eigenvalue weighted by atomic mass is 35.5. The van der Waals surface area contributed by atoms with Crippen molar-refractivity contribution in [3.05, 3.63) is 64.7 Å². The monoisotopic (exact) mass is 314 g/mol. The summed E-state index contributed by atoms with van der Waals surface area (Å²) in [5.74, 6) is -0.368. The summed E-state index contributed by atoms with van der Waals surface area (Å²) < 4.78 is 26.3. The fourth-order valence-corrected chi connectivity index (χ4v) is 2.86. The number of halogens is 3. The van der Waals surface area contributed by atoms with Gasteiger partial charge in [0.15, 0.2) is 0 Å². The Balaban J connectivity index is 1.92. The first-order valence-corrected chi connectivity index (χ1v) is 7.42. The second kappa shape index (κ2) is 7.07. The Hall–Kier alpha value is -1.10. The van der Waals surface area contributed by atoms with E-state index in [1.165, 1.54) is 30.0 Å². The van der Waals surface area contributed by atoms with Crippen LogP contribution in [0.25, 0.3) is 0 Å². The molecule has 1 nitrogen and oxygen atoms in total. The lowest BCUT2D eigenvalue weighted by Gasteiger charge is -2.12. The predicted molar refractivity (Wildman–Crippen MR) is 78.2 cm³/mol. The first kappa shape index (κ1) is 15.3. The number of rotatable bonds is 5. The molecule has 0 spiro atoms. The van der Waals surface area contributed by atoms with Gasteiger partial charge in [0.1, 0.15) is 11.6 Å². The summed E-state index contributed by atoms with van der Waals surface area (Å²) in [7, 11) is 0. The van der Waals surface area contributed by atoms with Gasteiger partial charge in [-0.1, -0.05) is 29.8 Å². The van der Waals surface area contributed by atoms with Crippen LogP contribution >= 0.6 is 23.4 Å². The van der Waals surface area contributed by atoms with E-state index in [2.05, 4.69) is 0 Å². The zero-order valence-corrected chi connectivity index (χ0v) is 12.1. The number of hydrogen-bond acceptors (Lipinski definition) is 2. The van der Waals surface area contributed by atoms with Gasteiger partial charge in [0.2, 0.25) is 0 Å². The molecule has 0 fully saturated rings. The Morgan fingerprint density at radius 3 is 2.60 bits per heavy atom. The van der Waals surface area contributed by atoms with Gasteiger partial charge in [-0.25, -0.2) is 8.78 Å². The van der Waals surface area contributed by atoms with E-state index >= 15 is 0 Å². The highest BCUT2D eigenvalue weighted by Crippen LogP contribution is 2.24. The average molecular weight is 315 g/mol. The largest absolute Gasteiger partial charge is 0.392 e. The Kier molecular flexibility index (Phi) is 5.40. The van der Waals surface area contributed by atoms with Crippen molar-refractivity contribution in [2.24, 2.45) is 0 Å². The van der Waals surface area contributed by atoms with Crippen LogP contribution in [0.3, 0.4) is 0 Å². The molecule has 1 unspecified atom stereocenters. The number of aliphatic hydroxyl groups is 1.